The lowest BCUT2D eigenvalue weighted by Gasteiger charge is -2.69. The molecule has 10 rings (SSSR count). The molecule has 3 aromatic rings. The summed E-state index contributed by atoms with van der Waals surface area (Å²) in [4.78, 5) is 12.8. The van der Waals surface area contributed by atoms with Gasteiger partial charge in [-0.1, -0.05) is 37.3 Å². The number of aliphatic hydroxyl groups is 2. The summed E-state index contributed by atoms with van der Waals surface area (Å²) in [7, 11) is 0. The molecule has 0 amide bonds. The topological polar surface area (TPSA) is 162 Å². The van der Waals surface area contributed by atoms with Gasteiger partial charge < -0.3 is 35.8 Å². The lowest BCUT2D eigenvalue weighted by atomic mass is 9.39. The van der Waals surface area contributed by atoms with Crippen molar-refractivity contribution in [1.29, 1.82) is 5.41 Å². The smallest absolute Gasteiger partial charge is 0.299 e. The van der Waals surface area contributed by atoms with E-state index in [0.29, 0.717) is 41.2 Å². The standard InChI is InChI=1S/C44H57N9O3S/c1-28(37(45)50-40-48-33-11-5-6-12-34(33)57-40)30-10-9-17-52(38(30)46)35-14-13-31(36(49-35)39(54)55)32-20-47-53(29(32)2)27-43-22-41(3)21-42(4,23-43)25-44(24-41,26-43)56-19-18-51-15-7-8-16-51/h5-6,11-14,20,46,49,54-55H,7-10,15-19,21-27H2,1-4H3,(H2,45,48,50)/p+1/b30-28-,46-38?/t41-,42+,43?,44?. The average Bonchev–Trinajstić information content (AvgIpc) is 3.90. The lowest BCUT2D eigenvalue weighted by Crippen LogP contribution is -3.10. The molecule has 302 valence electrons. The molecule has 5 heterocycles. The minimum Gasteiger partial charge on any atom is -0.480 e. The normalized spacial score (nSPS) is 31.2. The zero-order valence-corrected chi connectivity index (χ0v) is 34.7. The number of dihydropyridines is 1. The number of likely N-dealkylation sites (tertiary alicyclic amines) is 2. The zero-order valence-electron chi connectivity index (χ0n) is 33.9. The number of aliphatic hydroxyl groups excluding tert-OH is 1. The summed E-state index contributed by atoms with van der Waals surface area (Å²) in [5, 5.41) is 39.4. The van der Waals surface area contributed by atoms with E-state index in [2.05, 4.69) is 40.7 Å². The van der Waals surface area contributed by atoms with E-state index >= 15 is 0 Å². The van der Waals surface area contributed by atoms with Crippen molar-refractivity contribution in [1.82, 2.24) is 25.0 Å². The first-order chi connectivity index (χ1) is 27.2. The number of ether oxygens (including phenoxy) is 1. The molecule has 4 aliphatic carbocycles. The number of rotatable bonds is 10. The van der Waals surface area contributed by atoms with Crippen LogP contribution >= 0.6 is 11.3 Å². The van der Waals surface area contributed by atoms with Crippen LogP contribution in [0, 0.1) is 28.6 Å². The monoisotopic (exact) mass is 792 g/mol. The van der Waals surface area contributed by atoms with E-state index in [4.69, 9.17) is 15.6 Å². The fourth-order valence-electron chi connectivity index (χ4n) is 12.6. The number of hydrogen-bond donors (Lipinski definition) is 6. The van der Waals surface area contributed by atoms with Crippen LogP contribution < -0.4 is 16.0 Å². The van der Waals surface area contributed by atoms with Crippen molar-refractivity contribution in [2.45, 2.75) is 104 Å². The number of allylic oxidation sites excluding steroid dienone is 3. The van der Waals surface area contributed by atoms with Gasteiger partial charge in [0.15, 0.2) is 0 Å². The van der Waals surface area contributed by atoms with Crippen LogP contribution in [-0.4, -0.2) is 79.9 Å². The number of nitrogens with one attached hydrogen (secondary N) is 3. The van der Waals surface area contributed by atoms with E-state index < -0.39 is 5.95 Å². The Morgan fingerprint density at radius 1 is 1.05 bits per heavy atom. The molecule has 0 spiro atoms. The number of piperidine rings is 1. The minimum absolute atomic E-state index is 0.0679. The number of fused-ring (bicyclic) bond motifs is 1. The summed E-state index contributed by atoms with van der Waals surface area (Å²) in [6.45, 7) is 14.9. The van der Waals surface area contributed by atoms with Gasteiger partial charge in [-0.2, -0.15) is 5.10 Å². The first-order valence-corrected chi connectivity index (χ1v) is 21.6. The third kappa shape index (κ3) is 7.09. The third-order valence-electron chi connectivity index (χ3n) is 13.8. The Kier molecular flexibility index (Phi) is 9.44. The summed E-state index contributed by atoms with van der Waals surface area (Å²) in [6, 6.07) is 7.90. The second-order valence-corrected chi connectivity index (χ2v) is 19.9. The molecule has 12 nitrogen and oxygen atoms in total. The zero-order chi connectivity index (χ0) is 39.7. The Morgan fingerprint density at radius 2 is 1.81 bits per heavy atom. The number of para-hydroxylation sites is 1. The van der Waals surface area contributed by atoms with Gasteiger partial charge in [0, 0.05) is 48.3 Å². The predicted molar refractivity (Wildman–Crippen MR) is 226 cm³/mol. The van der Waals surface area contributed by atoms with Crippen molar-refractivity contribution >= 4 is 43.9 Å². The van der Waals surface area contributed by atoms with Crippen LogP contribution in [-0.2, 0) is 11.3 Å². The minimum atomic E-state index is -0.807. The highest BCUT2D eigenvalue weighted by molar-refractivity contribution is 7.22. The average molecular weight is 793 g/mol. The van der Waals surface area contributed by atoms with Gasteiger partial charge >= 0.3 is 0 Å². The molecule has 1 aromatic carbocycles. The second-order valence-electron chi connectivity index (χ2n) is 18.8. The number of aliphatic imine (C=N–C) groups is 1. The van der Waals surface area contributed by atoms with Gasteiger partial charge in [0.1, 0.15) is 29.7 Å². The molecule has 4 saturated carbocycles. The first-order valence-electron chi connectivity index (χ1n) is 20.8. The van der Waals surface area contributed by atoms with E-state index in [0.717, 1.165) is 78.0 Å². The van der Waals surface area contributed by atoms with Crippen LogP contribution in [0.15, 0.2) is 76.2 Å². The maximum atomic E-state index is 10.7. The number of hydrogen-bond acceptors (Lipinski definition) is 9. The van der Waals surface area contributed by atoms with Crippen LogP contribution in [0.5, 0.6) is 0 Å². The van der Waals surface area contributed by atoms with Crippen LogP contribution in [0.3, 0.4) is 0 Å². The maximum Gasteiger partial charge on any atom is 0.299 e. The summed E-state index contributed by atoms with van der Waals surface area (Å²) < 4.78 is 10.2. The van der Waals surface area contributed by atoms with E-state index in [9.17, 15) is 15.6 Å². The SMILES string of the molecule is CC(=C1\CCCN(C2=CC=C(c3cnn(CC45CC6(OCC[NH+]7CCCC7)C[C@](C)(C4)C[C@](C)(C5)C6)c3C)C(=C(O)O)N2)C1=N)/C(N)=N\c1nc2ccccc2s1. The number of nitrogens with zero attached hydrogens (tertiary/aromatic N) is 5. The molecular weight excluding hydrogens is 735 g/mol. The molecule has 3 aliphatic heterocycles. The molecule has 7 aliphatic rings. The Morgan fingerprint density at radius 3 is 2.54 bits per heavy atom. The number of amidine groups is 2. The number of quaternary nitrogens is 1. The summed E-state index contributed by atoms with van der Waals surface area (Å²) in [5.74, 6) is 0.415. The molecule has 4 atom stereocenters. The van der Waals surface area contributed by atoms with Crippen molar-refractivity contribution < 1.29 is 19.8 Å². The highest BCUT2D eigenvalue weighted by atomic mass is 32.1. The van der Waals surface area contributed by atoms with Gasteiger partial charge in [0.05, 0.1) is 41.7 Å². The van der Waals surface area contributed by atoms with E-state index in [1.54, 1.807) is 4.90 Å². The summed E-state index contributed by atoms with van der Waals surface area (Å²) in [6.07, 6.45) is 16.9. The predicted octanol–water partition coefficient (Wildman–Crippen LogP) is 6.81. The van der Waals surface area contributed by atoms with Crippen molar-refractivity contribution in [2.24, 2.45) is 27.0 Å². The van der Waals surface area contributed by atoms with Crippen LogP contribution in [0.4, 0.5) is 5.13 Å². The van der Waals surface area contributed by atoms with Gasteiger partial charge in [-0.15, -0.1) is 0 Å². The van der Waals surface area contributed by atoms with Crippen LogP contribution in [0.25, 0.3) is 15.8 Å². The molecule has 57 heavy (non-hydrogen) atoms. The quantitative estimate of drug-likeness (QED) is 0.0742. The first kappa shape index (κ1) is 38.1. The molecule has 2 saturated heterocycles. The van der Waals surface area contributed by atoms with Gasteiger partial charge in [0.25, 0.3) is 5.95 Å². The van der Waals surface area contributed by atoms with E-state index in [1.165, 1.54) is 56.5 Å². The summed E-state index contributed by atoms with van der Waals surface area (Å²) >= 11 is 1.48. The van der Waals surface area contributed by atoms with Gasteiger partial charge in [-0.3, -0.25) is 10.1 Å². The van der Waals surface area contributed by atoms with E-state index in [-0.39, 0.29) is 27.5 Å². The molecule has 6 fully saturated rings. The molecular formula is C44H58N9O3S+. The number of aromatic nitrogens is 3. The van der Waals surface area contributed by atoms with Crippen molar-refractivity contribution in [3.05, 3.63) is 82.5 Å². The van der Waals surface area contributed by atoms with Gasteiger partial charge in [0.2, 0.25) is 5.13 Å². The van der Waals surface area contributed by atoms with Gasteiger partial charge in [-0.25, -0.2) is 9.98 Å². The van der Waals surface area contributed by atoms with E-state index in [1.807, 2.05) is 54.4 Å². The van der Waals surface area contributed by atoms with Crippen molar-refractivity contribution in [2.75, 3.05) is 32.8 Å². The highest BCUT2D eigenvalue weighted by Gasteiger charge is 2.66. The van der Waals surface area contributed by atoms with Crippen molar-refractivity contribution in [3.8, 4) is 0 Å². The fraction of sp³-hybridized carbons (Fsp3) is 0.545. The number of thiazole rings is 1. The molecule has 2 aromatic heterocycles. The molecule has 13 heteroatoms. The number of benzene rings is 1. The number of nitrogens with two attached hydrogens (primary N) is 1. The van der Waals surface area contributed by atoms with Crippen LogP contribution in [0.2, 0.25) is 0 Å². The van der Waals surface area contributed by atoms with Gasteiger partial charge in [-0.05, 0) is 111 Å². The Balaban J connectivity index is 0.949. The third-order valence-corrected chi connectivity index (χ3v) is 14.8. The molecule has 4 bridgehead atoms. The Hall–Kier alpha value is -4.46. The van der Waals surface area contributed by atoms with Crippen molar-refractivity contribution in [3.63, 3.8) is 0 Å². The molecule has 7 N–H and O–H groups in total. The molecule has 0 radical (unpaired) electrons. The fourth-order valence-corrected chi connectivity index (χ4v) is 13.4. The summed E-state index contributed by atoms with van der Waals surface area (Å²) in [5.41, 5.74) is 12.2. The Labute approximate surface area is 339 Å². The largest absolute Gasteiger partial charge is 0.480 e. The lowest BCUT2D eigenvalue weighted by molar-refractivity contribution is -0.888. The Bertz CT molecular complexity index is 2220. The molecule has 2 unspecified atom stereocenters. The maximum absolute atomic E-state index is 10.7. The second kappa shape index (κ2) is 14.1. The highest BCUT2D eigenvalue weighted by Crippen LogP contribution is 2.72. The van der Waals surface area contributed by atoms with Crippen LogP contribution in [0.1, 0.15) is 96.2 Å².